The number of imidazole rings is 1. The third kappa shape index (κ3) is 3.76. The average molecular weight is 371 g/mol. The number of primary sulfonamides is 1. The lowest BCUT2D eigenvalue weighted by Gasteiger charge is -2.18. The van der Waals surface area contributed by atoms with Crippen molar-refractivity contribution in [1.29, 1.82) is 0 Å². The lowest BCUT2D eigenvalue weighted by atomic mass is 10.1. The van der Waals surface area contributed by atoms with Crippen molar-refractivity contribution in [2.75, 3.05) is 5.32 Å². The van der Waals surface area contributed by atoms with Crippen LogP contribution in [0.15, 0.2) is 53.8 Å². The molecular formula is C18H21N5O2S. The van der Waals surface area contributed by atoms with Crippen LogP contribution in [0.5, 0.6) is 0 Å². The minimum atomic E-state index is -3.88. The van der Waals surface area contributed by atoms with Gasteiger partial charge in [-0.2, -0.15) is 0 Å². The van der Waals surface area contributed by atoms with Crippen molar-refractivity contribution < 1.29 is 8.42 Å². The Labute approximate surface area is 153 Å². The molecule has 0 fully saturated rings. The molecule has 1 aromatic carbocycles. The molecule has 0 amide bonds. The molecule has 0 saturated carbocycles. The van der Waals surface area contributed by atoms with Crippen molar-refractivity contribution in [3.8, 4) is 11.3 Å². The first kappa shape index (κ1) is 18.1. The highest BCUT2D eigenvalue weighted by atomic mass is 32.2. The Morgan fingerprint density at radius 1 is 1.23 bits per heavy atom. The summed E-state index contributed by atoms with van der Waals surface area (Å²) in [6.45, 7) is 3.64. The molecule has 2 heterocycles. The lowest BCUT2D eigenvalue weighted by molar-refractivity contribution is 0.596. The van der Waals surface area contributed by atoms with Crippen LogP contribution in [-0.2, 0) is 17.1 Å². The number of benzene rings is 1. The number of rotatable bonds is 5. The summed E-state index contributed by atoms with van der Waals surface area (Å²) in [6.07, 6.45) is 3.45. The van der Waals surface area contributed by atoms with Crippen LogP contribution in [0.2, 0.25) is 0 Å². The highest BCUT2D eigenvalue weighted by Gasteiger charge is 2.20. The molecular weight excluding hydrogens is 350 g/mol. The van der Waals surface area contributed by atoms with Gasteiger partial charge in [0.15, 0.2) is 0 Å². The summed E-state index contributed by atoms with van der Waals surface area (Å²) in [6, 6.07) is 11.4. The molecule has 3 aromatic rings. The van der Waals surface area contributed by atoms with Crippen LogP contribution in [0.4, 0.5) is 5.82 Å². The quantitative estimate of drug-likeness (QED) is 0.718. The molecule has 136 valence electrons. The van der Waals surface area contributed by atoms with E-state index in [-0.39, 0.29) is 10.9 Å². The van der Waals surface area contributed by atoms with Crippen LogP contribution in [0.1, 0.15) is 24.2 Å². The average Bonchev–Trinajstić information content (AvgIpc) is 3.01. The zero-order chi connectivity index (χ0) is 18.9. The Kier molecular flexibility index (Phi) is 4.80. The summed E-state index contributed by atoms with van der Waals surface area (Å²) in [5.74, 6) is 0.560. The van der Waals surface area contributed by atoms with Crippen molar-refractivity contribution in [2.24, 2.45) is 12.2 Å². The van der Waals surface area contributed by atoms with Crippen LogP contribution >= 0.6 is 0 Å². The maximum Gasteiger partial charge on any atom is 0.239 e. The van der Waals surface area contributed by atoms with Crippen molar-refractivity contribution in [3.63, 3.8) is 0 Å². The fraction of sp³-hybridized carbons (Fsp3) is 0.222. The monoisotopic (exact) mass is 371 g/mol. The number of nitrogens with one attached hydrogen (secondary N) is 1. The normalized spacial score (nSPS) is 12.8. The predicted molar refractivity (Wildman–Crippen MR) is 101 cm³/mol. The lowest BCUT2D eigenvalue weighted by Crippen LogP contribution is -2.16. The maximum atomic E-state index is 11.9. The molecule has 3 rings (SSSR count). The van der Waals surface area contributed by atoms with Crippen LogP contribution in [0.3, 0.4) is 0 Å². The number of aromatic nitrogens is 3. The molecule has 0 aliphatic carbocycles. The second-order valence-electron chi connectivity index (χ2n) is 6.21. The molecule has 1 atom stereocenters. The second kappa shape index (κ2) is 6.89. The number of hydrogen-bond acceptors (Lipinski definition) is 5. The highest BCUT2D eigenvalue weighted by Crippen LogP contribution is 2.31. The van der Waals surface area contributed by atoms with Gasteiger partial charge in [-0.25, -0.2) is 23.5 Å². The van der Waals surface area contributed by atoms with Crippen LogP contribution in [-0.4, -0.2) is 23.0 Å². The maximum absolute atomic E-state index is 11.9. The number of anilines is 1. The largest absolute Gasteiger partial charge is 0.363 e. The van der Waals surface area contributed by atoms with Gasteiger partial charge in [0.05, 0.1) is 17.7 Å². The molecule has 0 spiro atoms. The number of nitrogens with zero attached hydrogens (tertiary/aromatic N) is 3. The first-order valence-corrected chi connectivity index (χ1v) is 9.64. The Bertz CT molecular complexity index is 1030. The standard InChI is InChI=1S/C18H21N5O2S/c1-12(14-7-5-4-6-8-14)21-18-15(16-10-23(3)11-20-16)9-17(13(2)22-18)26(19,24)25/h4-12H,1-3H3,(H,21,22)(H2,19,24,25)/t12-/m0/s1. The highest BCUT2D eigenvalue weighted by molar-refractivity contribution is 7.89. The van der Waals surface area contributed by atoms with Gasteiger partial charge in [0.2, 0.25) is 10.0 Å². The fourth-order valence-electron chi connectivity index (χ4n) is 2.76. The summed E-state index contributed by atoms with van der Waals surface area (Å²) in [5.41, 5.74) is 2.64. The molecule has 0 bridgehead atoms. The van der Waals surface area contributed by atoms with E-state index in [4.69, 9.17) is 5.14 Å². The summed E-state index contributed by atoms with van der Waals surface area (Å²) < 4.78 is 25.6. The Morgan fingerprint density at radius 3 is 2.50 bits per heavy atom. The van der Waals surface area contributed by atoms with Crippen molar-refractivity contribution >= 4 is 15.8 Å². The molecule has 0 unspecified atom stereocenters. The van der Waals surface area contributed by atoms with E-state index in [0.29, 0.717) is 22.8 Å². The van der Waals surface area contributed by atoms with Crippen molar-refractivity contribution in [2.45, 2.75) is 24.8 Å². The van der Waals surface area contributed by atoms with E-state index < -0.39 is 10.0 Å². The molecule has 0 radical (unpaired) electrons. The smallest absolute Gasteiger partial charge is 0.239 e. The summed E-state index contributed by atoms with van der Waals surface area (Å²) in [7, 11) is -2.03. The number of hydrogen-bond donors (Lipinski definition) is 2. The van der Waals surface area contributed by atoms with E-state index in [0.717, 1.165) is 5.56 Å². The molecule has 2 aromatic heterocycles. The number of aryl methyl sites for hydroxylation is 2. The third-order valence-electron chi connectivity index (χ3n) is 4.11. The van der Waals surface area contributed by atoms with Gasteiger partial charge >= 0.3 is 0 Å². The van der Waals surface area contributed by atoms with Crippen LogP contribution < -0.4 is 10.5 Å². The van der Waals surface area contributed by atoms with Gasteiger partial charge < -0.3 is 9.88 Å². The van der Waals surface area contributed by atoms with E-state index >= 15 is 0 Å². The molecule has 7 nitrogen and oxygen atoms in total. The molecule has 8 heteroatoms. The van der Waals surface area contributed by atoms with Gasteiger partial charge in [-0.3, -0.25) is 0 Å². The number of nitrogens with two attached hydrogens (primary N) is 1. The molecule has 3 N–H and O–H groups in total. The van der Waals surface area contributed by atoms with Gasteiger partial charge in [-0.1, -0.05) is 30.3 Å². The second-order valence-corrected chi connectivity index (χ2v) is 7.74. The number of sulfonamides is 1. The Morgan fingerprint density at radius 2 is 1.92 bits per heavy atom. The Hall–Kier alpha value is -2.71. The number of pyridine rings is 1. The third-order valence-corrected chi connectivity index (χ3v) is 5.13. The molecule has 26 heavy (non-hydrogen) atoms. The molecule has 0 aliphatic heterocycles. The first-order chi connectivity index (χ1) is 12.3. The van der Waals surface area contributed by atoms with Gasteiger partial charge in [-0.15, -0.1) is 0 Å². The first-order valence-electron chi connectivity index (χ1n) is 8.10. The van der Waals surface area contributed by atoms with Gasteiger partial charge in [0.1, 0.15) is 10.7 Å². The van der Waals surface area contributed by atoms with E-state index in [1.54, 1.807) is 24.0 Å². The van der Waals surface area contributed by atoms with E-state index in [1.807, 2.05) is 44.3 Å². The predicted octanol–water partition coefficient (Wildman–Crippen LogP) is 2.61. The molecule has 0 saturated heterocycles. The van der Waals surface area contributed by atoms with E-state index in [2.05, 4.69) is 15.3 Å². The zero-order valence-electron chi connectivity index (χ0n) is 14.8. The zero-order valence-corrected chi connectivity index (χ0v) is 15.7. The molecule has 0 aliphatic rings. The summed E-state index contributed by atoms with van der Waals surface area (Å²) in [5, 5.41) is 8.70. The van der Waals surface area contributed by atoms with E-state index in [9.17, 15) is 8.42 Å². The fourth-order valence-corrected chi connectivity index (χ4v) is 3.50. The minimum absolute atomic E-state index is 0.00364. The van der Waals surface area contributed by atoms with Crippen LogP contribution in [0, 0.1) is 6.92 Å². The van der Waals surface area contributed by atoms with Gasteiger partial charge in [0, 0.05) is 24.8 Å². The Balaban J connectivity index is 2.10. The topological polar surface area (TPSA) is 103 Å². The minimum Gasteiger partial charge on any atom is -0.363 e. The van der Waals surface area contributed by atoms with Crippen molar-refractivity contribution in [3.05, 3.63) is 60.2 Å². The van der Waals surface area contributed by atoms with Crippen LogP contribution in [0.25, 0.3) is 11.3 Å². The SMILES string of the molecule is Cc1nc(N[C@@H](C)c2ccccc2)c(-c2cn(C)cn2)cc1S(N)(=O)=O. The summed E-state index contributed by atoms with van der Waals surface area (Å²) >= 11 is 0. The summed E-state index contributed by atoms with van der Waals surface area (Å²) in [4.78, 5) is 8.79. The van der Waals surface area contributed by atoms with Gasteiger partial charge in [-0.05, 0) is 25.5 Å². The van der Waals surface area contributed by atoms with Gasteiger partial charge in [0.25, 0.3) is 0 Å². The van der Waals surface area contributed by atoms with Crippen molar-refractivity contribution in [1.82, 2.24) is 14.5 Å². The van der Waals surface area contributed by atoms with E-state index in [1.165, 1.54) is 6.07 Å².